The first-order valence-electron chi connectivity index (χ1n) is 7.36. The molecule has 0 aromatic heterocycles. The van der Waals surface area contributed by atoms with Gasteiger partial charge in [0.15, 0.2) is 0 Å². The number of rotatable bonds is 5. The van der Waals surface area contributed by atoms with Crippen LogP contribution >= 0.6 is 0 Å². The summed E-state index contributed by atoms with van der Waals surface area (Å²) in [5.41, 5.74) is 0. The summed E-state index contributed by atoms with van der Waals surface area (Å²) in [5, 5.41) is 0.936. The molecule has 0 radical (unpaired) electrons. The van der Waals surface area contributed by atoms with Crippen LogP contribution in [0.3, 0.4) is 0 Å². The summed E-state index contributed by atoms with van der Waals surface area (Å²) in [6.07, 6.45) is 0. The molecule has 3 aromatic carbocycles. The monoisotopic (exact) mass is 356 g/mol. The first-order valence-corrected chi connectivity index (χ1v) is 10.6. The molecular weight excluding hydrogens is 340 g/mol. The standard InChI is InChI=1S/C18H16O4SSi/c19-23(20,16-10-4-1-5-11-16)22-24(21,17-12-6-2-7-13-17)18-14-8-3-9-15-18/h1-15,21H. The third-order valence-corrected chi connectivity index (χ3v) is 8.52. The lowest BCUT2D eigenvalue weighted by Crippen LogP contribution is -2.62. The zero-order valence-electron chi connectivity index (χ0n) is 12.7. The van der Waals surface area contributed by atoms with Crippen molar-refractivity contribution in [2.45, 2.75) is 4.90 Å². The molecular formula is C18H16O4SSi. The van der Waals surface area contributed by atoms with E-state index in [1.54, 1.807) is 78.9 Å². The molecule has 0 aliphatic rings. The van der Waals surface area contributed by atoms with E-state index in [0.717, 1.165) is 0 Å². The Morgan fingerprint density at radius 2 is 1.04 bits per heavy atom. The van der Waals surface area contributed by atoms with Crippen LogP contribution in [0.5, 0.6) is 0 Å². The predicted octanol–water partition coefficient (Wildman–Crippen LogP) is 1.64. The molecule has 0 saturated carbocycles. The number of benzene rings is 3. The Bertz CT molecular complexity index is 858. The average molecular weight is 356 g/mol. The molecule has 0 unspecified atom stereocenters. The molecule has 0 bridgehead atoms. The molecule has 0 heterocycles. The van der Waals surface area contributed by atoms with Crippen molar-refractivity contribution >= 4 is 29.1 Å². The molecule has 24 heavy (non-hydrogen) atoms. The van der Waals surface area contributed by atoms with Crippen LogP contribution in [0.1, 0.15) is 0 Å². The summed E-state index contributed by atoms with van der Waals surface area (Å²) in [4.78, 5) is 11.3. The lowest BCUT2D eigenvalue weighted by molar-refractivity contribution is 0.400. The van der Waals surface area contributed by atoms with Crippen LogP contribution in [-0.4, -0.2) is 21.8 Å². The van der Waals surface area contributed by atoms with Gasteiger partial charge in [-0.2, -0.15) is 8.42 Å². The van der Waals surface area contributed by atoms with E-state index in [0.29, 0.717) is 10.4 Å². The number of hydrogen-bond acceptors (Lipinski definition) is 4. The van der Waals surface area contributed by atoms with Gasteiger partial charge in [0.05, 0.1) is 4.90 Å². The van der Waals surface area contributed by atoms with Gasteiger partial charge in [0.1, 0.15) is 0 Å². The maximum Gasteiger partial charge on any atom is 0.421 e. The first kappa shape index (κ1) is 16.6. The first-order chi connectivity index (χ1) is 11.5. The van der Waals surface area contributed by atoms with Gasteiger partial charge in [0.25, 0.3) is 10.1 Å². The van der Waals surface area contributed by atoms with Crippen molar-refractivity contribution in [1.29, 1.82) is 0 Å². The molecule has 3 rings (SSSR count). The topological polar surface area (TPSA) is 63.6 Å². The highest BCUT2D eigenvalue weighted by Gasteiger charge is 2.43. The molecule has 122 valence electrons. The van der Waals surface area contributed by atoms with E-state index < -0.39 is 18.7 Å². The minimum absolute atomic E-state index is 0.0165. The highest BCUT2D eigenvalue weighted by molar-refractivity contribution is 7.88. The zero-order chi connectivity index (χ0) is 17.0. The Kier molecular flexibility index (Phi) is 4.63. The van der Waals surface area contributed by atoms with Gasteiger partial charge < -0.3 is 4.80 Å². The fourth-order valence-electron chi connectivity index (χ4n) is 2.39. The van der Waals surface area contributed by atoms with Crippen molar-refractivity contribution in [3.63, 3.8) is 0 Å². The molecule has 0 aliphatic heterocycles. The van der Waals surface area contributed by atoms with E-state index in [-0.39, 0.29) is 4.90 Å². The fourth-order valence-corrected chi connectivity index (χ4v) is 6.92. The average Bonchev–Trinajstić information content (AvgIpc) is 2.63. The molecule has 0 saturated heterocycles. The Hall–Kier alpha value is -2.25. The van der Waals surface area contributed by atoms with Crippen LogP contribution in [0.4, 0.5) is 0 Å². The van der Waals surface area contributed by atoms with Gasteiger partial charge >= 0.3 is 8.56 Å². The van der Waals surface area contributed by atoms with Gasteiger partial charge in [-0.05, 0) is 22.5 Å². The van der Waals surface area contributed by atoms with Crippen molar-refractivity contribution < 1.29 is 17.1 Å². The second-order valence-electron chi connectivity index (χ2n) is 5.23. The van der Waals surface area contributed by atoms with E-state index in [1.807, 2.05) is 0 Å². The van der Waals surface area contributed by atoms with E-state index in [1.165, 1.54) is 12.1 Å². The van der Waals surface area contributed by atoms with Crippen LogP contribution in [0.25, 0.3) is 0 Å². The normalized spacial score (nSPS) is 12.0. The van der Waals surface area contributed by atoms with Crippen LogP contribution in [0.2, 0.25) is 0 Å². The second-order valence-corrected chi connectivity index (χ2v) is 9.72. The molecule has 0 amide bonds. The Morgan fingerprint density at radius 1 is 0.667 bits per heavy atom. The Balaban J connectivity index is 2.10. The summed E-state index contributed by atoms with van der Waals surface area (Å²) >= 11 is 0. The molecule has 6 heteroatoms. The smallest absolute Gasteiger partial charge is 0.403 e. The van der Waals surface area contributed by atoms with Crippen LogP contribution in [-0.2, 0) is 14.0 Å². The minimum Gasteiger partial charge on any atom is -0.403 e. The van der Waals surface area contributed by atoms with Crippen molar-refractivity contribution in [3.8, 4) is 0 Å². The van der Waals surface area contributed by atoms with E-state index in [2.05, 4.69) is 0 Å². The third-order valence-electron chi connectivity index (χ3n) is 3.59. The molecule has 1 N–H and O–H groups in total. The van der Waals surface area contributed by atoms with Crippen LogP contribution in [0.15, 0.2) is 95.9 Å². The maximum atomic E-state index is 12.6. The molecule has 0 aliphatic carbocycles. The van der Waals surface area contributed by atoms with Crippen LogP contribution < -0.4 is 10.4 Å². The predicted molar refractivity (Wildman–Crippen MR) is 94.8 cm³/mol. The highest BCUT2D eigenvalue weighted by Crippen LogP contribution is 2.16. The van der Waals surface area contributed by atoms with Crippen molar-refractivity contribution in [3.05, 3.63) is 91.0 Å². The fraction of sp³-hybridized carbons (Fsp3) is 0. The lowest BCUT2D eigenvalue weighted by Gasteiger charge is -2.25. The molecule has 0 fully saturated rings. The van der Waals surface area contributed by atoms with Gasteiger partial charge in [-0.3, -0.25) is 3.87 Å². The summed E-state index contributed by atoms with van der Waals surface area (Å²) in [5.74, 6) is 0. The summed E-state index contributed by atoms with van der Waals surface area (Å²) in [7, 11) is -8.01. The van der Waals surface area contributed by atoms with Crippen molar-refractivity contribution in [2.75, 3.05) is 0 Å². The van der Waals surface area contributed by atoms with Gasteiger partial charge in [0.2, 0.25) is 0 Å². The highest BCUT2D eigenvalue weighted by atomic mass is 32.2. The molecule has 0 atom stereocenters. The SMILES string of the molecule is O=S(=O)(O[Si](O)(c1ccccc1)c1ccccc1)c1ccccc1. The van der Waals surface area contributed by atoms with Gasteiger partial charge in [0, 0.05) is 0 Å². The quantitative estimate of drug-likeness (QED) is 0.706. The van der Waals surface area contributed by atoms with Crippen molar-refractivity contribution in [1.82, 2.24) is 0 Å². The third kappa shape index (κ3) is 3.32. The van der Waals surface area contributed by atoms with Crippen molar-refractivity contribution in [2.24, 2.45) is 0 Å². The largest absolute Gasteiger partial charge is 0.421 e. The molecule has 0 spiro atoms. The minimum atomic E-state index is -4.10. The van der Waals surface area contributed by atoms with E-state index in [4.69, 9.17) is 3.87 Å². The van der Waals surface area contributed by atoms with E-state index >= 15 is 0 Å². The van der Waals surface area contributed by atoms with Gasteiger partial charge in [-0.1, -0.05) is 78.9 Å². The molecule has 3 aromatic rings. The summed E-state index contributed by atoms with van der Waals surface area (Å²) in [6, 6.07) is 25.1. The van der Waals surface area contributed by atoms with Crippen LogP contribution in [0, 0.1) is 0 Å². The molecule has 4 nitrogen and oxygen atoms in total. The van der Waals surface area contributed by atoms with Gasteiger partial charge in [-0.15, -0.1) is 0 Å². The second kappa shape index (κ2) is 6.70. The number of hydrogen-bond donors (Lipinski definition) is 1. The maximum absolute atomic E-state index is 12.6. The lowest BCUT2D eigenvalue weighted by atomic mass is 10.4. The summed E-state index contributed by atoms with van der Waals surface area (Å²) in [6.45, 7) is 0. The zero-order valence-corrected chi connectivity index (χ0v) is 14.6. The Labute approximate surface area is 142 Å². The van der Waals surface area contributed by atoms with E-state index in [9.17, 15) is 13.2 Å². The van der Waals surface area contributed by atoms with Gasteiger partial charge in [-0.25, -0.2) is 0 Å². The Morgan fingerprint density at radius 3 is 1.46 bits per heavy atom. The summed E-state index contributed by atoms with van der Waals surface area (Å²) < 4.78 is 30.7.